The van der Waals surface area contributed by atoms with Crippen LogP contribution in [0.25, 0.3) is 0 Å². The van der Waals surface area contributed by atoms with E-state index < -0.39 is 0 Å². The third-order valence-corrected chi connectivity index (χ3v) is 4.35. The van der Waals surface area contributed by atoms with E-state index >= 15 is 0 Å². The predicted molar refractivity (Wildman–Crippen MR) is 70.9 cm³/mol. The second-order valence-corrected chi connectivity index (χ2v) is 5.51. The van der Waals surface area contributed by atoms with Crippen molar-refractivity contribution in [2.45, 2.75) is 25.4 Å². The Kier molecular flexibility index (Phi) is 3.50. The highest BCUT2D eigenvalue weighted by molar-refractivity contribution is 5.37. The van der Waals surface area contributed by atoms with Gasteiger partial charge in [0.25, 0.3) is 0 Å². The van der Waals surface area contributed by atoms with E-state index in [-0.39, 0.29) is 5.82 Å². The van der Waals surface area contributed by atoms with E-state index in [9.17, 15) is 4.39 Å². The fourth-order valence-corrected chi connectivity index (χ4v) is 3.38. The average molecular weight is 259 g/mol. The molecule has 0 bridgehead atoms. The maximum absolute atomic E-state index is 13.4. The Balaban J connectivity index is 1.81. The summed E-state index contributed by atoms with van der Waals surface area (Å²) in [6.07, 6.45) is 2.47. The summed E-state index contributed by atoms with van der Waals surface area (Å²) in [6, 6.07) is 7.15. The first-order chi connectivity index (χ1) is 9.28. The number of hydrogen-bond donors (Lipinski definition) is 1. The maximum atomic E-state index is 13.4. The summed E-state index contributed by atoms with van der Waals surface area (Å²) in [7, 11) is 0. The van der Waals surface area contributed by atoms with Crippen LogP contribution in [0.4, 0.5) is 4.39 Å². The summed E-state index contributed by atoms with van der Waals surface area (Å²) < 4.78 is 13.4. The number of fused-ring (bicyclic) bond motifs is 1. The molecule has 3 rings (SSSR count). The van der Waals surface area contributed by atoms with Gasteiger partial charge in [-0.15, -0.1) is 0 Å². The molecule has 0 radical (unpaired) electrons. The Hall–Kier alpha value is -1.44. The molecule has 1 aromatic carbocycles. The number of hydrogen-bond acceptors (Lipinski definition) is 3. The summed E-state index contributed by atoms with van der Waals surface area (Å²) in [5.74, 6) is 0.458. The van der Waals surface area contributed by atoms with Crippen LogP contribution in [0, 0.1) is 23.1 Å². The zero-order chi connectivity index (χ0) is 13.2. The highest BCUT2D eigenvalue weighted by Gasteiger charge is 2.34. The Morgan fingerprint density at radius 3 is 3.16 bits per heavy atom. The molecule has 0 aromatic heterocycles. The van der Waals surface area contributed by atoms with Gasteiger partial charge in [-0.3, -0.25) is 4.90 Å². The van der Waals surface area contributed by atoms with E-state index in [1.54, 1.807) is 6.07 Å². The van der Waals surface area contributed by atoms with Crippen molar-refractivity contribution in [3.8, 4) is 6.07 Å². The molecule has 2 atom stereocenters. The molecule has 2 aliphatic rings. The first kappa shape index (κ1) is 12.6. The fourth-order valence-electron chi connectivity index (χ4n) is 3.38. The molecule has 100 valence electrons. The van der Waals surface area contributed by atoms with Gasteiger partial charge in [-0.05, 0) is 55.6 Å². The van der Waals surface area contributed by atoms with Gasteiger partial charge in [0.15, 0.2) is 0 Å². The zero-order valence-electron chi connectivity index (χ0n) is 10.9. The molecule has 3 nitrogen and oxygen atoms in total. The summed E-state index contributed by atoms with van der Waals surface area (Å²) >= 11 is 0. The van der Waals surface area contributed by atoms with Crippen LogP contribution in [-0.2, 0) is 6.54 Å². The molecule has 2 saturated heterocycles. The molecule has 0 amide bonds. The second-order valence-electron chi connectivity index (χ2n) is 5.51. The molecular formula is C15H18FN3. The lowest BCUT2D eigenvalue weighted by Crippen LogP contribution is -2.44. The number of piperidine rings is 1. The standard InChI is InChI=1S/C15H18FN3/c16-14-4-3-11(7-17)13(6-14)10-19-5-1-2-12-8-18-9-15(12)19/h3-4,6,12,15,18H,1-2,5,8-10H2. The van der Waals surface area contributed by atoms with Crippen LogP contribution in [0.15, 0.2) is 18.2 Å². The van der Waals surface area contributed by atoms with E-state index in [1.807, 2.05) is 0 Å². The van der Waals surface area contributed by atoms with Crippen molar-refractivity contribution in [1.29, 1.82) is 5.26 Å². The van der Waals surface area contributed by atoms with E-state index in [4.69, 9.17) is 5.26 Å². The molecule has 0 aliphatic carbocycles. The third-order valence-electron chi connectivity index (χ3n) is 4.35. The SMILES string of the molecule is N#Cc1ccc(F)cc1CN1CCCC2CNCC21. The van der Waals surface area contributed by atoms with Gasteiger partial charge < -0.3 is 5.32 Å². The van der Waals surface area contributed by atoms with Crippen molar-refractivity contribution in [3.05, 3.63) is 35.1 Å². The van der Waals surface area contributed by atoms with Crippen LogP contribution < -0.4 is 5.32 Å². The minimum Gasteiger partial charge on any atom is -0.315 e. The first-order valence-corrected chi connectivity index (χ1v) is 6.91. The van der Waals surface area contributed by atoms with Crippen molar-refractivity contribution < 1.29 is 4.39 Å². The molecule has 2 heterocycles. The lowest BCUT2D eigenvalue weighted by atomic mass is 9.91. The molecule has 2 aliphatic heterocycles. The Morgan fingerprint density at radius 2 is 2.32 bits per heavy atom. The van der Waals surface area contributed by atoms with Crippen LogP contribution in [-0.4, -0.2) is 30.6 Å². The molecule has 0 spiro atoms. The van der Waals surface area contributed by atoms with Gasteiger partial charge in [-0.25, -0.2) is 4.39 Å². The number of nitrogens with one attached hydrogen (secondary N) is 1. The average Bonchev–Trinajstić information content (AvgIpc) is 2.88. The van der Waals surface area contributed by atoms with E-state index in [1.165, 1.54) is 25.0 Å². The van der Waals surface area contributed by atoms with Crippen molar-refractivity contribution in [1.82, 2.24) is 10.2 Å². The first-order valence-electron chi connectivity index (χ1n) is 6.91. The zero-order valence-corrected chi connectivity index (χ0v) is 10.9. The number of rotatable bonds is 2. The van der Waals surface area contributed by atoms with Crippen LogP contribution in [0.1, 0.15) is 24.0 Å². The Labute approximate surface area is 113 Å². The molecule has 1 N–H and O–H groups in total. The van der Waals surface area contributed by atoms with E-state index in [0.29, 0.717) is 24.1 Å². The number of nitriles is 1. The molecule has 2 unspecified atom stereocenters. The van der Waals surface area contributed by atoms with Gasteiger partial charge in [0, 0.05) is 19.1 Å². The Bertz CT molecular complexity index is 509. The van der Waals surface area contributed by atoms with Crippen LogP contribution >= 0.6 is 0 Å². The monoisotopic (exact) mass is 259 g/mol. The number of likely N-dealkylation sites (tertiary alicyclic amines) is 1. The molecule has 2 fully saturated rings. The topological polar surface area (TPSA) is 39.1 Å². The minimum atomic E-state index is -0.257. The Morgan fingerprint density at radius 1 is 1.42 bits per heavy atom. The van der Waals surface area contributed by atoms with Crippen molar-refractivity contribution in [3.63, 3.8) is 0 Å². The van der Waals surface area contributed by atoms with Crippen molar-refractivity contribution >= 4 is 0 Å². The normalized spacial score (nSPS) is 26.9. The van der Waals surface area contributed by atoms with Gasteiger partial charge in [0.1, 0.15) is 5.82 Å². The summed E-state index contributed by atoms with van der Waals surface area (Å²) in [4.78, 5) is 2.41. The smallest absolute Gasteiger partial charge is 0.123 e. The number of nitrogens with zero attached hydrogens (tertiary/aromatic N) is 2. The molecule has 0 saturated carbocycles. The number of benzene rings is 1. The highest BCUT2D eigenvalue weighted by Crippen LogP contribution is 2.28. The largest absolute Gasteiger partial charge is 0.315 e. The van der Waals surface area contributed by atoms with E-state index in [2.05, 4.69) is 16.3 Å². The molecule has 19 heavy (non-hydrogen) atoms. The molecule has 1 aromatic rings. The summed E-state index contributed by atoms with van der Waals surface area (Å²) in [6.45, 7) is 3.84. The molecule has 4 heteroatoms. The quantitative estimate of drug-likeness (QED) is 0.881. The van der Waals surface area contributed by atoms with Gasteiger partial charge in [-0.1, -0.05) is 0 Å². The maximum Gasteiger partial charge on any atom is 0.123 e. The number of halogens is 1. The van der Waals surface area contributed by atoms with Gasteiger partial charge >= 0.3 is 0 Å². The molecular weight excluding hydrogens is 241 g/mol. The summed E-state index contributed by atoms with van der Waals surface area (Å²) in [5, 5.41) is 12.6. The second kappa shape index (κ2) is 5.28. The van der Waals surface area contributed by atoms with Crippen molar-refractivity contribution in [2.75, 3.05) is 19.6 Å². The minimum absolute atomic E-state index is 0.257. The van der Waals surface area contributed by atoms with Crippen LogP contribution in [0.5, 0.6) is 0 Å². The predicted octanol–water partition coefficient (Wildman–Crippen LogP) is 1.88. The van der Waals surface area contributed by atoms with E-state index in [0.717, 1.165) is 25.2 Å². The van der Waals surface area contributed by atoms with Gasteiger partial charge in [0.05, 0.1) is 11.6 Å². The van der Waals surface area contributed by atoms with Crippen LogP contribution in [0.3, 0.4) is 0 Å². The third kappa shape index (κ3) is 2.49. The fraction of sp³-hybridized carbons (Fsp3) is 0.533. The summed E-state index contributed by atoms with van der Waals surface area (Å²) in [5.41, 5.74) is 1.41. The lowest BCUT2D eigenvalue weighted by Gasteiger charge is -2.37. The lowest BCUT2D eigenvalue weighted by molar-refractivity contribution is 0.117. The van der Waals surface area contributed by atoms with Crippen LogP contribution in [0.2, 0.25) is 0 Å². The van der Waals surface area contributed by atoms with Gasteiger partial charge in [0.2, 0.25) is 0 Å². The highest BCUT2D eigenvalue weighted by atomic mass is 19.1. The van der Waals surface area contributed by atoms with Crippen molar-refractivity contribution in [2.24, 2.45) is 5.92 Å². The van der Waals surface area contributed by atoms with Gasteiger partial charge in [-0.2, -0.15) is 5.26 Å².